The molecule has 2 aromatic rings. The van der Waals surface area contributed by atoms with E-state index in [0.717, 1.165) is 21.8 Å². The van der Waals surface area contributed by atoms with Gasteiger partial charge in [0.2, 0.25) is 0 Å². The first kappa shape index (κ1) is 11.2. The van der Waals surface area contributed by atoms with Gasteiger partial charge >= 0.3 is 0 Å². The van der Waals surface area contributed by atoms with Gasteiger partial charge in [-0.15, -0.1) is 0 Å². The van der Waals surface area contributed by atoms with Crippen LogP contribution in [0, 0.1) is 0 Å². The maximum atomic E-state index is 6.17. The van der Waals surface area contributed by atoms with Gasteiger partial charge in [-0.25, -0.2) is 0 Å². The van der Waals surface area contributed by atoms with Crippen molar-refractivity contribution in [1.29, 1.82) is 0 Å². The molecule has 0 radical (unpaired) electrons. The molecular weight excluding hydrogens is 218 g/mol. The van der Waals surface area contributed by atoms with Crippen molar-refractivity contribution in [2.75, 3.05) is 0 Å². The van der Waals surface area contributed by atoms with Crippen LogP contribution < -0.4 is 0 Å². The van der Waals surface area contributed by atoms with Crippen LogP contribution >= 0.6 is 11.6 Å². The normalized spacial score (nSPS) is 10.8. The summed E-state index contributed by atoms with van der Waals surface area (Å²) in [7, 11) is 0. The second kappa shape index (κ2) is 4.67. The average Bonchev–Trinajstić information content (AvgIpc) is 2.30. The highest BCUT2D eigenvalue weighted by molar-refractivity contribution is 6.33. The van der Waals surface area contributed by atoms with Gasteiger partial charge < -0.3 is 0 Å². The Hall–Kier alpha value is -1.34. The van der Waals surface area contributed by atoms with Crippen LogP contribution in [0.4, 0.5) is 0 Å². The third kappa shape index (κ3) is 2.25. The zero-order chi connectivity index (χ0) is 11.5. The van der Waals surface area contributed by atoms with Crippen LogP contribution in [-0.4, -0.2) is 4.98 Å². The fraction of sp³-hybridized carbons (Fsp3) is 0.214. The van der Waals surface area contributed by atoms with Gasteiger partial charge in [-0.2, -0.15) is 0 Å². The van der Waals surface area contributed by atoms with Gasteiger partial charge in [0.25, 0.3) is 0 Å². The lowest BCUT2D eigenvalue weighted by Crippen LogP contribution is -1.92. The van der Waals surface area contributed by atoms with Gasteiger partial charge in [0.05, 0.1) is 0 Å². The van der Waals surface area contributed by atoms with E-state index in [1.54, 1.807) is 0 Å². The maximum Gasteiger partial charge on any atom is 0.0484 e. The van der Waals surface area contributed by atoms with E-state index in [-0.39, 0.29) is 0 Å². The number of halogens is 1. The number of hydrogen-bond acceptors (Lipinski definition) is 1. The van der Waals surface area contributed by atoms with Crippen molar-refractivity contribution in [2.24, 2.45) is 0 Å². The summed E-state index contributed by atoms with van der Waals surface area (Å²) < 4.78 is 0. The first-order chi connectivity index (χ1) is 7.68. The monoisotopic (exact) mass is 231 g/mol. The summed E-state index contributed by atoms with van der Waals surface area (Å²) in [6.07, 6.45) is 1.84. The van der Waals surface area contributed by atoms with E-state index in [1.807, 2.05) is 36.5 Å². The zero-order valence-electron chi connectivity index (χ0n) is 9.44. The number of aromatic nitrogens is 1. The summed E-state index contributed by atoms with van der Waals surface area (Å²) in [5.41, 5.74) is 3.29. The molecule has 1 heterocycles. The molecule has 0 fully saturated rings. The molecule has 0 amide bonds. The molecule has 2 rings (SSSR count). The minimum atomic E-state index is 0.433. The third-order valence-corrected chi connectivity index (χ3v) is 2.89. The van der Waals surface area contributed by atoms with E-state index < -0.39 is 0 Å². The molecule has 0 saturated heterocycles. The van der Waals surface area contributed by atoms with E-state index in [2.05, 4.69) is 24.9 Å². The molecule has 0 spiro atoms. The van der Waals surface area contributed by atoms with Crippen molar-refractivity contribution in [1.82, 2.24) is 4.98 Å². The van der Waals surface area contributed by atoms with Crippen LogP contribution in [0.2, 0.25) is 5.02 Å². The van der Waals surface area contributed by atoms with Crippen molar-refractivity contribution in [3.05, 3.63) is 53.3 Å². The Balaban J connectivity index is 2.49. The van der Waals surface area contributed by atoms with Gasteiger partial charge in [-0.05, 0) is 29.7 Å². The summed E-state index contributed by atoms with van der Waals surface area (Å²) in [4.78, 5) is 4.35. The third-order valence-electron chi connectivity index (χ3n) is 2.56. The number of rotatable bonds is 2. The predicted molar refractivity (Wildman–Crippen MR) is 68.8 cm³/mol. The van der Waals surface area contributed by atoms with Crippen LogP contribution in [-0.2, 0) is 0 Å². The van der Waals surface area contributed by atoms with Gasteiger partial charge in [-0.3, -0.25) is 4.98 Å². The molecule has 82 valence electrons. The highest BCUT2D eigenvalue weighted by Crippen LogP contribution is 2.28. The predicted octanol–water partition coefficient (Wildman–Crippen LogP) is 4.53. The van der Waals surface area contributed by atoms with Crippen molar-refractivity contribution >= 4 is 11.6 Å². The Morgan fingerprint density at radius 1 is 1.12 bits per heavy atom. The second-order valence-electron chi connectivity index (χ2n) is 4.10. The number of hydrogen-bond donors (Lipinski definition) is 0. The largest absolute Gasteiger partial charge is 0.261 e. The van der Waals surface area contributed by atoms with Crippen molar-refractivity contribution in [3.8, 4) is 11.1 Å². The first-order valence-electron chi connectivity index (χ1n) is 5.39. The Morgan fingerprint density at radius 2 is 1.88 bits per heavy atom. The molecule has 0 aliphatic carbocycles. The summed E-state index contributed by atoms with van der Waals surface area (Å²) in [5, 5.41) is 0.781. The van der Waals surface area contributed by atoms with Crippen LogP contribution in [0.3, 0.4) is 0 Å². The smallest absolute Gasteiger partial charge is 0.0484 e. The topological polar surface area (TPSA) is 12.9 Å². The van der Waals surface area contributed by atoms with Crippen LogP contribution in [0.25, 0.3) is 11.1 Å². The minimum Gasteiger partial charge on any atom is -0.261 e. The minimum absolute atomic E-state index is 0.433. The quantitative estimate of drug-likeness (QED) is 0.740. The Kier molecular flexibility index (Phi) is 3.25. The summed E-state index contributed by atoms with van der Waals surface area (Å²) in [6.45, 7) is 4.28. The van der Waals surface area contributed by atoms with E-state index >= 15 is 0 Å². The van der Waals surface area contributed by atoms with E-state index in [9.17, 15) is 0 Å². The fourth-order valence-electron chi connectivity index (χ4n) is 1.63. The molecule has 16 heavy (non-hydrogen) atoms. The van der Waals surface area contributed by atoms with Crippen molar-refractivity contribution in [3.63, 3.8) is 0 Å². The summed E-state index contributed by atoms with van der Waals surface area (Å²) in [6, 6.07) is 12.0. The van der Waals surface area contributed by atoms with Gasteiger partial charge in [-0.1, -0.05) is 43.6 Å². The fourth-order valence-corrected chi connectivity index (χ4v) is 1.87. The van der Waals surface area contributed by atoms with Crippen molar-refractivity contribution in [2.45, 2.75) is 19.8 Å². The van der Waals surface area contributed by atoms with Crippen LogP contribution in [0.15, 0.2) is 42.6 Å². The molecule has 0 N–H and O–H groups in total. The van der Waals surface area contributed by atoms with Gasteiger partial charge in [0.15, 0.2) is 0 Å². The van der Waals surface area contributed by atoms with E-state index in [1.165, 1.54) is 0 Å². The maximum absolute atomic E-state index is 6.17. The lowest BCUT2D eigenvalue weighted by molar-refractivity contribution is 0.823. The van der Waals surface area contributed by atoms with E-state index in [4.69, 9.17) is 11.6 Å². The molecule has 0 unspecified atom stereocenters. The first-order valence-corrected chi connectivity index (χ1v) is 5.77. The van der Waals surface area contributed by atoms with Gasteiger partial charge in [0, 0.05) is 22.5 Å². The molecule has 0 atom stereocenters. The number of pyridine rings is 1. The lowest BCUT2D eigenvalue weighted by Gasteiger charge is -2.08. The summed E-state index contributed by atoms with van der Waals surface area (Å²) in [5.74, 6) is 0.433. The number of benzene rings is 1. The summed E-state index contributed by atoms with van der Waals surface area (Å²) >= 11 is 6.17. The molecular formula is C14H14ClN. The second-order valence-corrected chi connectivity index (χ2v) is 4.51. The Bertz CT molecular complexity index is 492. The SMILES string of the molecule is CC(C)c1cc(-c2ccccc2Cl)ccn1. The van der Waals surface area contributed by atoms with Crippen molar-refractivity contribution < 1.29 is 0 Å². The standard InChI is InChI=1S/C14H14ClN/c1-10(2)14-9-11(7-8-16-14)12-5-3-4-6-13(12)15/h3-10H,1-2H3. The molecule has 1 aromatic carbocycles. The Morgan fingerprint density at radius 3 is 2.56 bits per heavy atom. The molecule has 0 saturated carbocycles. The van der Waals surface area contributed by atoms with Gasteiger partial charge in [0.1, 0.15) is 0 Å². The molecule has 2 heteroatoms. The molecule has 0 bridgehead atoms. The average molecular weight is 232 g/mol. The highest BCUT2D eigenvalue weighted by atomic mass is 35.5. The molecule has 0 aliphatic rings. The zero-order valence-corrected chi connectivity index (χ0v) is 10.2. The van der Waals surface area contributed by atoms with E-state index in [0.29, 0.717) is 5.92 Å². The highest BCUT2D eigenvalue weighted by Gasteiger charge is 2.05. The van der Waals surface area contributed by atoms with Crippen LogP contribution in [0.5, 0.6) is 0 Å². The lowest BCUT2D eigenvalue weighted by atomic mass is 10.0. The molecule has 1 aromatic heterocycles. The number of nitrogens with zero attached hydrogens (tertiary/aromatic N) is 1. The molecule has 1 nitrogen and oxygen atoms in total. The molecule has 0 aliphatic heterocycles. The van der Waals surface area contributed by atoms with Crippen LogP contribution in [0.1, 0.15) is 25.5 Å². The Labute approximate surface area is 101 Å².